The van der Waals surface area contributed by atoms with E-state index in [1.165, 1.54) is 24.0 Å². The monoisotopic (exact) mass is 367 g/mol. The van der Waals surface area contributed by atoms with Crippen molar-refractivity contribution in [1.29, 1.82) is 0 Å². The predicted octanol–water partition coefficient (Wildman–Crippen LogP) is 4.95. The molecule has 0 bridgehead atoms. The van der Waals surface area contributed by atoms with Crippen molar-refractivity contribution in [3.05, 3.63) is 58.7 Å². The van der Waals surface area contributed by atoms with Gasteiger partial charge in [0.05, 0.1) is 6.61 Å². The largest absolute Gasteiger partial charge is 0.493 e. The summed E-state index contributed by atoms with van der Waals surface area (Å²) in [5.74, 6) is 1.57. The summed E-state index contributed by atoms with van der Waals surface area (Å²) in [6, 6.07) is 11.9. The van der Waals surface area contributed by atoms with Crippen LogP contribution in [0, 0.1) is 13.8 Å². The lowest BCUT2D eigenvalue weighted by Crippen LogP contribution is -2.32. The van der Waals surface area contributed by atoms with E-state index in [1.807, 2.05) is 37.3 Å². The van der Waals surface area contributed by atoms with Gasteiger partial charge in [0, 0.05) is 17.2 Å². The number of ether oxygens (including phenoxy) is 2. The van der Waals surface area contributed by atoms with Crippen molar-refractivity contribution in [1.82, 2.24) is 5.32 Å². The summed E-state index contributed by atoms with van der Waals surface area (Å²) in [5, 5.41) is 3.14. The Kier molecular flexibility index (Phi) is 6.38. The van der Waals surface area contributed by atoms with Crippen LogP contribution in [0.4, 0.5) is 0 Å². The van der Waals surface area contributed by atoms with Crippen molar-refractivity contribution >= 4 is 5.91 Å². The second kappa shape index (κ2) is 8.94. The van der Waals surface area contributed by atoms with Gasteiger partial charge in [0.15, 0.2) is 0 Å². The molecule has 0 aliphatic heterocycles. The molecule has 2 aromatic rings. The third kappa shape index (κ3) is 5.03. The first-order chi connectivity index (χ1) is 13.1. The molecule has 1 aliphatic rings. The van der Waals surface area contributed by atoms with E-state index in [2.05, 4.69) is 25.2 Å². The summed E-state index contributed by atoms with van der Waals surface area (Å²) < 4.78 is 11.7. The second-order valence-corrected chi connectivity index (χ2v) is 7.25. The second-order valence-electron chi connectivity index (χ2n) is 7.25. The number of carbonyl (C=O) groups excluding carboxylic acids is 1. The SMILES string of the molecule is CCOc1ccc(C(=O)NC2CCCC2)cc1COc1ccc(C)c(C)c1. The van der Waals surface area contributed by atoms with Gasteiger partial charge in [-0.25, -0.2) is 0 Å². The number of hydrogen-bond acceptors (Lipinski definition) is 3. The van der Waals surface area contributed by atoms with Gasteiger partial charge in [-0.05, 0) is 75.1 Å². The van der Waals surface area contributed by atoms with Gasteiger partial charge in [0.2, 0.25) is 0 Å². The number of carbonyl (C=O) groups is 1. The minimum absolute atomic E-state index is 0.0163. The average molecular weight is 367 g/mol. The third-order valence-electron chi connectivity index (χ3n) is 5.19. The van der Waals surface area contributed by atoms with E-state index < -0.39 is 0 Å². The molecule has 0 heterocycles. The molecule has 0 unspecified atom stereocenters. The Labute approximate surface area is 161 Å². The van der Waals surface area contributed by atoms with E-state index in [4.69, 9.17) is 9.47 Å². The standard InChI is InChI=1S/C23H29NO3/c1-4-26-22-12-10-18(23(25)24-20-7-5-6-8-20)14-19(22)15-27-21-11-9-16(2)17(3)13-21/h9-14,20H,4-8,15H2,1-3H3,(H,24,25). The number of hydrogen-bond donors (Lipinski definition) is 1. The van der Waals surface area contributed by atoms with Crippen molar-refractivity contribution in [3.63, 3.8) is 0 Å². The van der Waals surface area contributed by atoms with E-state index in [9.17, 15) is 4.79 Å². The zero-order valence-electron chi connectivity index (χ0n) is 16.5. The van der Waals surface area contributed by atoms with E-state index in [1.54, 1.807) is 0 Å². The smallest absolute Gasteiger partial charge is 0.251 e. The molecular weight excluding hydrogens is 338 g/mol. The van der Waals surface area contributed by atoms with Gasteiger partial charge in [-0.2, -0.15) is 0 Å². The maximum absolute atomic E-state index is 12.6. The summed E-state index contributed by atoms with van der Waals surface area (Å²) in [6.07, 6.45) is 4.55. The van der Waals surface area contributed by atoms with Crippen LogP contribution in [0.25, 0.3) is 0 Å². The number of amides is 1. The quantitative estimate of drug-likeness (QED) is 0.753. The third-order valence-corrected chi connectivity index (χ3v) is 5.19. The van der Waals surface area contributed by atoms with E-state index >= 15 is 0 Å². The lowest BCUT2D eigenvalue weighted by Gasteiger charge is -2.15. The summed E-state index contributed by atoms with van der Waals surface area (Å²) in [6.45, 7) is 7.04. The van der Waals surface area contributed by atoms with Gasteiger partial charge in [-0.1, -0.05) is 18.9 Å². The van der Waals surface area contributed by atoms with Crippen LogP contribution in [0.2, 0.25) is 0 Å². The molecule has 1 amide bonds. The fourth-order valence-corrected chi connectivity index (χ4v) is 3.43. The van der Waals surface area contributed by atoms with Crippen molar-refractivity contribution in [3.8, 4) is 11.5 Å². The first-order valence-electron chi connectivity index (χ1n) is 9.83. The molecule has 144 valence electrons. The Balaban J connectivity index is 1.74. The molecule has 0 aromatic heterocycles. The van der Waals surface area contributed by atoms with Crippen molar-refractivity contribution in [2.75, 3.05) is 6.61 Å². The molecule has 1 saturated carbocycles. The molecule has 3 rings (SSSR count). The number of aryl methyl sites for hydroxylation is 2. The zero-order valence-corrected chi connectivity index (χ0v) is 16.5. The number of nitrogens with one attached hydrogen (secondary N) is 1. The molecule has 0 radical (unpaired) electrons. The molecule has 0 atom stereocenters. The van der Waals surface area contributed by atoms with E-state index in [0.717, 1.165) is 29.9 Å². The minimum atomic E-state index is -0.0163. The maximum atomic E-state index is 12.6. The normalized spacial score (nSPS) is 14.2. The first-order valence-corrected chi connectivity index (χ1v) is 9.83. The topological polar surface area (TPSA) is 47.6 Å². The van der Waals surface area contributed by atoms with Crippen LogP contribution in [0.1, 0.15) is 59.7 Å². The predicted molar refractivity (Wildman–Crippen MR) is 108 cm³/mol. The fraction of sp³-hybridized carbons (Fsp3) is 0.435. The molecule has 1 N–H and O–H groups in total. The molecular formula is C23H29NO3. The lowest BCUT2D eigenvalue weighted by atomic mass is 10.1. The highest BCUT2D eigenvalue weighted by Gasteiger charge is 2.19. The molecule has 1 aliphatic carbocycles. The Morgan fingerprint density at radius 2 is 1.81 bits per heavy atom. The maximum Gasteiger partial charge on any atom is 0.251 e. The van der Waals surface area contributed by atoms with Crippen LogP contribution in [0.3, 0.4) is 0 Å². The van der Waals surface area contributed by atoms with Crippen LogP contribution in [0.15, 0.2) is 36.4 Å². The van der Waals surface area contributed by atoms with Crippen molar-refractivity contribution in [2.24, 2.45) is 0 Å². The highest BCUT2D eigenvalue weighted by Crippen LogP contribution is 2.25. The summed E-state index contributed by atoms with van der Waals surface area (Å²) in [7, 11) is 0. The van der Waals surface area contributed by atoms with E-state index in [-0.39, 0.29) is 5.91 Å². The molecule has 0 saturated heterocycles. The molecule has 27 heavy (non-hydrogen) atoms. The molecule has 0 spiro atoms. The Bertz CT molecular complexity index is 794. The number of benzene rings is 2. The highest BCUT2D eigenvalue weighted by molar-refractivity contribution is 5.94. The van der Waals surface area contributed by atoms with Crippen molar-refractivity contribution in [2.45, 2.75) is 59.1 Å². The van der Waals surface area contributed by atoms with Crippen molar-refractivity contribution < 1.29 is 14.3 Å². The Morgan fingerprint density at radius 1 is 1.04 bits per heavy atom. The Hall–Kier alpha value is -2.49. The molecule has 4 nitrogen and oxygen atoms in total. The summed E-state index contributed by atoms with van der Waals surface area (Å²) >= 11 is 0. The lowest BCUT2D eigenvalue weighted by molar-refractivity contribution is 0.0937. The molecule has 1 fully saturated rings. The van der Waals surface area contributed by atoms with Crippen LogP contribution in [-0.4, -0.2) is 18.6 Å². The van der Waals surface area contributed by atoms with Gasteiger partial charge in [0.1, 0.15) is 18.1 Å². The zero-order chi connectivity index (χ0) is 19.2. The van der Waals surface area contributed by atoms with Gasteiger partial charge in [-0.3, -0.25) is 4.79 Å². The number of rotatable bonds is 7. The van der Waals surface area contributed by atoms with Crippen LogP contribution in [0.5, 0.6) is 11.5 Å². The van der Waals surface area contributed by atoms with Gasteiger partial charge in [-0.15, -0.1) is 0 Å². The van der Waals surface area contributed by atoms with Gasteiger partial charge < -0.3 is 14.8 Å². The van der Waals surface area contributed by atoms with Gasteiger partial charge >= 0.3 is 0 Å². The van der Waals surface area contributed by atoms with Crippen LogP contribution in [-0.2, 0) is 6.61 Å². The van der Waals surface area contributed by atoms with E-state index in [0.29, 0.717) is 24.8 Å². The van der Waals surface area contributed by atoms with Crippen LogP contribution < -0.4 is 14.8 Å². The Morgan fingerprint density at radius 3 is 2.52 bits per heavy atom. The highest BCUT2D eigenvalue weighted by atomic mass is 16.5. The molecule has 4 heteroatoms. The first kappa shape index (κ1) is 19.3. The van der Waals surface area contributed by atoms with Crippen LogP contribution >= 0.6 is 0 Å². The van der Waals surface area contributed by atoms with Gasteiger partial charge in [0.25, 0.3) is 5.91 Å². The molecule has 2 aromatic carbocycles. The minimum Gasteiger partial charge on any atom is -0.493 e. The summed E-state index contributed by atoms with van der Waals surface area (Å²) in [4.78, 5) is 12.6. The summed E-state index contributed by atoms with van der Waals surface area (Å²) in [5.41, 5.74) is 3.98. The average Bonchev–Trinajstić information content (AvgIpc) is 3.16. The fourth-order valence-electron chi connectivity index (χ4n) is 3.43.